The van der Waals surface area contributed by atoms with Gasteiger partial charge < -0.3 is 5.32 Å². The van der Waals surface area contributed by atoms with E-state index in [9.17, 15) is 14.4 Å². The zero-order valence-electron chi connectivity index (χ0n) is 18.6. The summed E-state index contributed by atoms with van der Waals surface area (Å²) in [5, 5.41) is 2.82. The molecule has 27 heavy (non-hydrogen) atoms. The molecule has 0 aliphatic carbocycles. The van der Waals surface area contributed by atoms with Crippen LogP contribution in [0.3, 0.4) is 0 Å². The van der Waals surface area contributed by atoms with Crippen LogP contribution in [0.2, 0.25) is 0 Å². The Labute approximate surface area is 165 Å². The number of carbonyl (C=O) groups excluding carboxylic acids is 3. The van der Waals surface area contributed by atoms with Crippen LogP contribution in [-0.4, -0.2) is 29.7 Å². The first-order chi connectivity index (χ1) is 12.9. The first-order valence-corrected chi connectivity index (χ1v) is 10.1. The van der Waals surface area contributed by atoms with Crippen LogP contribution in [0.15, 0.2) is 24.3 Å². The molecule has 1 heterocycles. The molecule has 1 aliphatic heterocycles. The highest BCUT2D eigenvalue weighted by atomic mass is 16.2. The van der Waals surface area contributed by atoms with Crippen molar-refractivity contribution in [3.8, 4) is 0 Å². The highest BCUT2D eigenvalue weighted by Gasteiger charge is 2.36. The number of amides is 2. The maximum atomic E-state index is 12.3. The molecule has 0 aromatic heterocycles. The van der Waals surface area contributed by atoms with Crippen molar-refractivity contribution in [1.82, 2.24) is 5.32 Å². The van der Waals surface area contributed by atoms with Crippen molar-refractivity contribution in [2.24, 2.45) is 0 Å². The average Bonchev–Trinajstić information content (AvgIpc) is 2.70. The standard InChI is InChI=1S/C16H20N2O3.3C2H6/c1-10(2)17-15(20)14-9-8-12-6-4-5-7-13(12)18(14)16(21)11(3)19;3*1-2/h4-7,10,14H,8-9H2,1-3H3,(H,17,20);3*1-2H3/t14-;;;/m0.../s1. The smallest absolute Gasteiger partial charge is 0.294 e. The summed E-state index contributed by atoms with van der Waals surface area (Å²) in [6.07, 6.45) is 1.24. The number of ketones is 1. The second-order valence-corrected chi connectivity index (χ2v) is 5.58. The van der Waals surface area contributed by atoms with Gasteiger partial charge in [-0.25, -0.2) is 0 Å². The van der Waals surface area contributed by atoms with Gasteiger partial charge >= 0.3 is 0 Å². The highest BCUT2D eigenvalue weighted by molar-refractivity contribution is 6.41. The lowest BCUT2D eigenvalue weighted by Crippen LogP contribution is -2.54. The lowest BCUT2D eigenvalue weighted by atomic mass is 9.94. The second kappa shape index (κ2) is 14.9. The topological polar surface area (TPSA) is 66.5 Å². The molecule has 5 nitrogen and oxygen atoms in total. The number of aryl methyl sites for hydroxylation is 1. The summed E-state index contributed by atoms with van der Waals surface area (Å²) in [4.78, 5) is 37.5. The number of hydrogen-bond acceptors (Lipinski definition) is 3. The lowest BCUT2D eigenvalue weighted by Gasteiger charge is -2.36. The van der Waals surface area contributed by atoms with Crippen LogP contribution < -0.4 is 10.2 Å². The second-order valence-electron chi connectivity index (χ2n) is 5.58. The Morgan fingerprint density at radius 2 is 1.52 bits per heavy atom. The van der Waals surface area contributed by atoms with Crippen LogP contribution in [0.4, 0.5) is 5.69 Å². The van der Waals surface area contributed by atoms with E-state index in [2.05, 4.69) is 5.32 Å². The molecule has 0 saturated heterocycles. The lowest BCUT2D eigenvalue weighted by molar-refractivity contribution is -0.136. The molecule has 1 atom stereocenters. The third kappa shape index (κ3) is 7.94. The molecular formula is C22H38N2O3. The minimum absolute atomic E-state index is 0.0102. The molecule has 0 radical (unpaired) electrons. The molecule has 1 aromatic carbocycles. The van der Waals surface area contributed by atoms with Crippen molar-refractivity contribution in [2.75, 3.05) is 4.90 Å². The molecule has 1 aliphatic rings. The van der Waals surface area contributed by atoms with E-state index < -0.39 is 17.7 Å². The fourth-order valence-corrected chi connectivity index (χ4v) is 2.60. The van der Waals surface area contributed by atoms with Crippen LogP contribution in [-0.2, 0) is 20.8 Å². The van der Waals surface area contributed by atoms with Gasteiger partial charge in [0.05, 0.1) is 0 Å². The van der Waals surface area contributed by atoms with Crippen LogP contribution >= 0.6 is 0 Å². The third-order valence-corrected chi connectivity index (χ3v) is 3.50. The molecular weight excluding hydrogens is 340 g/mol. The van der Waals surface area contributed by atoms with Crippen molar-refractivity contribution in [1.29, 1.82) is 0 Å². The number of fused-ring (bicyclic) bond motifs is 1. The fourth-order valence-electron chi connectivity index (χ4n) is 2.60. The molecule has 2 amide bonds. The van der Waals surface area contributed by atoms with Gasteiger partial charge in [-0.2, -0.15) is 0 Å². The number of carbonyl (C=O) groups is 3. The third-order valence-electron chi connectivity index (χ3n) is 3.50. The number of nitrogens with one attached hydrogen (secondary N) is 1. The quantitative estimate of drug-likeness (QED) is 0.786. The van der Waals surface area contributed by atoms with Crippen molar-refractivity contribution in [3.05, 3.63) is 29.8 Å². The summed E-state index contributed by atoms with van der Waals surface area (Å²) in [6.45, 7) is 17.0. The van der Waals surface area contributed by atoms with Gasteiger partial charge in [0.15, 0.2) is 0 Å². The SMILES string of the molecule is CC.CC.CC.CC(=O)C(=O)N1c2ccccc2CC[C@H]1C(=O)NC(C)C. The Bertz CT molecular complexity index is 583. The van der Waals surface area contributed by atoms with Gasteiger partial charge in [-0.1, -0.05) is 59.7 Å². The van der Waals surface area contributed by atoms with E-state index in [0.717, 1.165) is 5.56 Å². The van der Waals surface area contributed by atoms with E-state index in [0.29, 0.717) is 18.5 Å². The number of anilines is 1. The molecule has 1 aromatic rings. The first-order valence-electron chi connectivity index (χ1n) is 10.1. The summed E-state index contributed by atoms with van der Waals surface area (Å²) in [6, 6.07) is 6.77. The maximum absolute atomic E-state index is 12.3. The molecule has 1 N–H and O–H groups in total. The Kier molecular flexibility index (Phi) is 15.0. The van der Waals surface area contributed by atoms with Crippen LogP contribution in [0.5, 0.6) is 0 Å². The van der Waals surface area contributed by atoms with Gasteiger partial charge in [0.2, 0.25) is 11.7 Å². The monoisotopic (exact) mass is 378 g/mol. The molecule has 0 bridgehead atoms. The number of para-hydroxylation sites is 1. The van der Waals surface area contributed by atoms with E-state index in [4.69, 9.17) is 0 Å². The highest BCUT2D eigenvalue weighted by Crippen LogP contribution is 2.31. The molecule has 0 saturated carbocycles. The van der Waals surface area contributed by atoms with E-state index in [1.807, 2.05) is 73.6 Å². The predicted molar refractivity (Wildman–Crippen MR) is 114 cm³/mol. The summed E-state index contributed by atoms with van der Waals surface area (Å²) >= 11 is 0. The van der Waals surface area contributed by atoms with Gasteiger partial charge in [-0.3, -0.25) is 19.3 Å². The number of rotatable bonds is 3. The Hall–Kier alpha value is -2.17. The van der Waals surface area contributed by atoms with Crippen LogP contribution in [0.1, 0.15) is 74.3 Å². The van der Waals surface area contributed by atoms with Gasteiger partial charge in [0.1, 0.15) is 6.04 Å². The molecule has 0 fully saturated rings. The van der Waals surface area contributed by atoms with Crippen molar-refractivity contribution < 1.29 is 14.4 Å². The van der Waals surface area contributed by atoms with Crippen molar-refractivity contribution in [2.45, 2.75) is 87.2 Å². The fraction of sp³-hybridized carbons (Fsp3) is 0.591. The molecule has 154 valence electrons. The number of hydrogen-bond donors (Lipinski definition) is 1. The molecule has 2 rings (SSSR count). The van der Waals surface area contributed by atoms with E-state index in [1.54, 1.807) is 6.07 Å². The Morgan fingerprint density at radius 3 is 2.00 bits per heavy atom. The summed E-state index contributed by atoms with van der Waals surface area (Å²) in [5.41, 5.74) is 1.65. The van der Waals surface area contributed by atoms with Crippen LogP contribution in [0.25, 0.3) is 0 Å². The number of nitrogens with zero attached hydrogens (tertiary/aromatic N) is 1. The maximum Gasteiger partial charge on any atom is 0.294 e. The predicted octanol–water partition coefficient (Wildman–Crippen LogP) is 4.53. The number of benzene rings is 1. The summed E-state index contributed by atoms with van der Waals surface area (Å²) < 4.78 is 0. The largest absolute Gasteiger partial charge is 0.352 e. The number of Topliss-reactive ketones (excluding diaryl/α,β-unsaturated/α-hetero) is 1. The Balaban J connectivity index is 0. The zero-order chi connectivity index (χ0) is 21.6. The van der Waals surface area contributed by atoms with Crippen molar-refractivity contribution in [3.63, 3.8) is 0 Å². The molecule has 0 spiro atoms. The molecule has 0 unspecified atom stereocenters. The minimum Gasteiger partial charge on any atom is -0.352 e. The van der Waals surface area contributed by atoms with E-state index in [1.165, 1.54) is 11.8 Å². The Morgan fingerprint density at radius 1 is 1.00 bits per heavy atom. The molecule has 5 heteroatoms. The van der Waals surface area contributed by atoms with E-state index in [-0.39, 0.29) is 11.9 Å². The van der Waals surface area contributed by atoms with Gasteiger partial charge in [0, 0.05) is 18.7 Å². The van der Waals surface area contributed by atoms with Gasteiger partial charge in [0.25, 0.3) is 5.91 Å². The zero-order valence-corrected chi connectivity index (χ0v) is 18.6. The summed E-state index contributed by atoms with van der Waals surface area (Å²) in [5.74, 6) is -1.41. The van der Waals surface area contributed by atoms with Crippen LogP contribution in [0, 0.1) is 0 Å². The normalized spacial score (nSPS) is 14.1. The van der Waals surface area contributed by atoms with Gasteiger partial charge in [-0.05, 0) is 38.3 Å². The minimum atomic E-state index is -0.633. The first kappa shape index (κ1) is 27.1. The van der Waals surface area contributed by atoms with E-state index >= 15 is 0 Å². The van der Waals surface area contributed by atoms with Crippen molar-refractivity contribution >= 4 is 23.3 Å². The average molecular weight is 379 g/mol. The summed E-state index contributed by atoms with van der Waals surface area (Å²) in [7, 11) is 0. The van der Waals surface area contributed by atoms with Gasteiger partial charge in [-0.15, -0.1) is 0 Å².